The SMILES string of the molecule is CCCc1nc2ccc(Br)cc2c(=O)n1N=Cc1ccc(-c2ccc(C(=O)O)cc2)o1. The summed E-state index contributed by atoms with van der Waals surface area (Å²) in [7, 11) is 0. The smallest absolute Gasteiger partial charge is 0.335 e. The molecule has 0 saturated heterocycles. The Kier molecular flexibility index (Phi) is 5.81. The summed E-state index contributed by atoms with van der Waals surface area (Å²) >= 11 is 3.39. The van der Waals surface area contributed by atoms with E-state index in [-0.39, 0.29) is 11.1 Å². The summed E-state index contributed by atoms with van der Waals surface area (Å²) in [6.45, 7) is 2.01. The van der Waals surface area contributed by atoms with Crippen molar-refractivity contribution in [2.75, 3.05) is 0 Å². The van der Waals surface area contributed by atoms with Gasteiger partial charge in [0.25, 0.3) is 5.56 Å². The highest BCUT2D eigenvalue weighted by Crippen LogP contribution is 2.22. The second-order valence-corrected chi connectivity index (χ2v) is 7.80. The zero-order valence-electron chi connectivity index (χ0n) is 16.6. The third-order valence-corrected chi connectivity index (χ3v) is 5.19. The van der Waals surface area contributed by atoms with Crippen LogP contribution in [-0.4, -0.2) is 27.0 Å². The molecule has 31 heavy (non-hydrogen) atoms. The van der Waals surface area contributed by atoms with Gasteiger partial charge in [-0.05, 0) is 48.9 Å². The van der Waals surface area contributed by atoms with Gasteiger partial charge in [-0.25, -0.2) is 9.78 Å². The summed E-state index contributed by atoms with van der Waals surface area (Å²) in [4.78, 5) is 28.6. The Morgan fingerprint density at radius 1 is 1.19 bits per heavy atom. The molecule has 2 aromatic heterocycles. The van der Waals surface area contributed by atoms with Crippen molar-refractivity contribution in [3.05, 3.63) is 86.6 Å². The molecule has 0 fully saturated rings. The van der Waals surface area contributed by atoms with Gasteiger partial charge >= 0.3 is 5.97 Å². The number of aryl methyl sites for hydroxylation is 1. The average Bonchev–Trinajstić information content (AvgIpc) is 3.23. The summed E-state index contributed by atoms with van der Waals surface area (Å²) in [5, 5.41) is 13.8. The van der Waals surface area contributed by atoms with Gasteiger partial charge in [-0.2, -0.15) is 9.78 Å². The molecule has 0 bridgehead atoms. The normalized spacial score (nSPS) is 11.4. The standard InChI is InChI=1S/C23H18BrN3O4/c1-2-3-21-26-19-10-8-16(24)12-18(19)22(28)27(21)25-13-17-9-11-20(31-17)14-4-6-15(7-5-14)23(29)30/h4-13H,2-3H2,1H3,(H,29,30). The number of furan rings is 1. The molecule has 8 heteroatoms. The van der Waals surface area contributed by atoms with E-state index >= 15 is 0 Å². The number of fused-ring (bicyclic) bond motifs is 1. The number of nitrogens with zero attached hydrogens (tertiary/aromatic N) is 3. The summed E-state index contributed by atoms with van der Waals surface area (Å²) in [5.41, 5.74) is 1.33. The number of benzene rings is 2. The van der Waals surface area contributed by atoms with Gasteiger partial charge in [0.2, 0.25) is 0 Å². The van der Waals surface area contributed by atoms with Crippen LogP contribution < -0.4 is 5.56 Å². The van der Waals surface area contributed by atoms with Crippen LogP contribution in [0.15, 0.2) is 73.4 Å². The van der Waals surface area contributed by atoms with Crippen LogP contribution in [0.5, 0.6) is 0 Å². The summed E-state index contributed by atoms with van der Waals surface area (Å²) in [6, 6.07) is 15.3. The van der Waals surface area contributed by atoms with E-state index in [2.05, 4.69) is 26.0 Å². The van der Waals surface area contributed by atoms with Crippen molar-refractivity contribution in [2.24, 2.45) is 5.10 Å². The maximum Gasteiger partial charge on any atom is 0.335 e. The van der Waals surface area contributed by atoms with Gasteiger partial charge in [0.05, 0.1) is 22.7 Å². The lowest BCUT2D eigenvalue weighted by molar-refractivity contribution is 0.0697. The minimum atomic E-state index is -0.983. The van der Waals surface area contributed by atoms with E-state index < -0.39 is 5.97 Å². The first-order chi connectivity index (χ1) is 15.0. The molecule has 4 rings (SSSR count). The van der Waals surface area contributed by atoms with Gasteiger partial charge in [0.15, 0.2) is 0 Å². The highest BCUT2D eigenvalue weighted by Gasteiger charge is 2.11. The first kappa shape index (κ1) is 20.7. The molecule has 0 amide bonds. The largest absolute Gasteiger partial charge is 0.478 e. The topological polar surface area (TPSA) is 97.7 Å². The summed E-state index contributed by atoms with van der Waals surface area (Å²) in [5.74, 6) is 0.624. The highest BCUT2D eigenvalue weighted by molar-refractivity contribution is 9.10. The van der Waals surface area contributed by atoms with Gasteiger partial charge in [0, 0.05) is 16.5 Å². The second-order valence-electron chi connectivity index (χ2n) is 6.89. The number of aromatic nitrogens is 2. The van der Waals surface area contributed by atoms with E-state index in [1.54, 1.807) is 30.3 Å². The first-order valence-corrected chi connectivity index (χ1v) is 10.4. The predicted molar refractivity (Wildman–Crippen MR) is 122 cm³/mol. The highest BCUT2D eigenvalue weighted by atomic mass is 79.9. The lowest BCUT2D eigenvalue weighted by Crippen LogP contribution is -2.22. The van der Waals surface area contributed by atoms with Crippen molar-refractivity contribution in [2.45, 2.75) is 19.8 Å². The maximum absolute atomic E-state index is 13.0. The molecule has 7 nitrogen and oxygen atoms in total. The molecule has 0 atom stereocenters. The fourth-order valence-electron chi connectivity index (χ4n) is 3.17. The number of carbonyl (C=O) groups is 1. The molecule has 2 aromatic carbocycles. The van der Waals surface area contributed by atoms with Crippen molar-refractivity contribution in [1.29, 1.82) is 0 Å². The molecule has 0 spiro atoms. The van der Waals surface area contributed by atoms with Crippen LogP contribution in [0.4, 0.5) is 0 Å². The number of halogens is 1. The van der Waals surface area contributed by atoms with E-state index in [0.717, 1.165) is 16.5 Å². The number of hydrogen-bond acceptors (Lipinski definition) is 5. The fourth-order valence-corrected chi connectivity index (χ4v) is 3.53. The minimum Gasteiger partial charge on any atom is -0.478 e. The Balaban J connectivity index is 1.68. The molecule has 0 saturated carbocycles. The molecule has 2 heterocycles. The lowest BCUT2D eigenvalue weighted by Gasteiger charge is -2.08. The van der Waals surface area contributed by atoms with E-state index in [4.69, 9.17) is 9.52 Å². The monoisotopic (exact) mass is 479 g/mol. The van der Waals surface area contributed by atoms with Crippen molar-refractivity contribution in [3.63, 3.8) is 0 Å². The molecule has 0 aliphatic rings. The molecule has 0 aliphatic carbocycles. The van der Waals surface area contributed by atoms with E-state index in [0.29, 0.717) is 34.7 Å². The van der Waals surface area contributed by atoms with E-state index in [1.807, 2.05) is 19.1 Å². The second kappa shape index (κ2) is 8.69. The molecule has 0 radical (unpaired) electrons. The van der Waals surface area contributed by atoms with Crippen LogP contribution in [-0.2, 0) is 6.42 Å². The number of carboxylic acids is 1. The van der Waals surface area contributed by atoms with Crippen LogP contribution in [0.2, 0.25) is 0 Å². The third kappa shape index (κ3) is 4.34. The molecule has 1 N–H and O–H groups in total. The van der Waals surface area contributed by atoms with Crippen LogP contribution in [0.3, 0.4) is 0 Å². The van der Waals surface area contributed by atoms with Crippen LogP contribution in [0.25, 0.3) is 22.2 Å². The summed E-state index contributed by atoms with van der Waals surface area (Å²) < 4.78 is 7.90. The number of aromatic carboxylic acids is 1. The van der Waals surface area contributed by atoms with Crippen molar-refractivity contribution >= 4 is 39.0 Å². The number of rotatable bonds is 6. The lowest BCUT2D eigenvalue weighted by atomic mass is 10.1. The van der Waals surface area contributed by atoms with Crippen molar-refractivity contribution in [1.82, 2.24) is 9.66 Å². The fraction of sp³-hybridized carbons (Fsp3) is 0.130. The molecular formula is C23H18BrN3O4. The Hall–Kier alpha value is -3.52. The van der Waals surface area contributed by atoms with Crippen LogP contribution >= 0.6 is 15.9 Å². The molecule has 4 aromatic rings. The minimum absolute atomic E-state index is 0.204. The Morgan fingerprint density at radius 2 is 1.97 bits per heavy atom. The Labute approximate surface area is 185 Å². The Bertz CT molecular complexity index is 1350. The average molecular weight is 480 g/mol. The Morgan fingerprint density at radius 3 is 2.68 bits per heavy atom. The number of carboxylic acid groups (broad SMARTS) is 1. The molecule has 0 aliphatic heterocycles. The van der Waals surface area contributed by atoms with Crippen LogP contribution in [0, 0.1) is 0 Å². The van der Waals surface area contributed by atoms with Crippen molar-refractivity contribution in [3.8, 4) is 11.3 Å². The first-order valence-electron chi connectivity index (χ1n) is 9.65. The van der Waals surface area contributed by atoms with Gasteiger partial charge in [0.1, 0.15) is 17.3 Å². The molecule has 156 valence electrons. The van der Waals surface area contributed by atoms with Gasteiger partial charge in [-0.1, -0.05) is 35.0 Å². The van der Waals surface area contributed by atoms with Crippen molar-refractivity contribution < 1.29 is 14.3 Å². The summed E-state index contributed by atoms with van der Waals surface area (Å²) in [6.07, 6.45) is 2.90. The van der Waals surface area contributed by atoms with Gasteiger partial charge in [-0.15, -0.1) is 0 Å². The zero-order chi connectivity index (χ0) is 22.0. The van der Waals surface area contributed by atoms with E-state index in [1.165, 1.54) is 23.0 Å². The van der Waals surface area contributed by atoms with Crippen LogP contribution in [0.1, 0.15) is 35.3 Å². The maximum atomic E-state index is 13.0. The molecular weight excluding hydrogens is 462 g/mol. The molecule has 0 unspecified atom stereocenters. The van der Waals surface area contributed by atoms with E-state index in [9.17, 15) is 9.59 Å². The number of hydrogen-bond donors (Lipinski definition) is 1. The third-order valence-electron chi connectivity index (χ3n) is 4.69. The van der Waals surface area contributed by atoms with Gasteiger partial charge in [-0.3, -0.25) is 4.79 Å². The predicted octanol–water partition coefficient (Wildman–Crippen LogP) is 4.95. The zero-order valence-corrected chi connectivity index (χ0v) is 18.2. The van der Waals surface area contributed by atoms with Gasteiger partial charge < -0.3 is 9.52 Å². The quantitative estimate of drug-likeness (QED) is 0.394.